The van der Waals surface area contributed by atoms with Gasteiger partial charge >= 0.3 is 5.97 Å². The zero-order valence-electron chi connectivity index (χ0n) is 11.2. The van der Waals surface area contributed by atoms with Crippen LogP contribution in [-0.4, -0.2) is 42.6 Å². The lowest BCUT2D eigenvalue weighted by molar-refractivity contribution is -0.144. The maximum Gasteiger partial charge on any atom is 0.307 e. The van der Waals surface area contributed by atoms with Gasteiger partial charge < -0.3 is 15.4 Å². The van der Waals surface area contributed by atoms with E-state index in [1.165, 1.54) is 32.4 Å². The minimum atomic E-state index is -0.468. The molecule has 0 aromatic heterocycles. The molecule has 17 heavy (non-hydrogen) atoms. The summed E-state index contributed by atoms with van der Waals surface area (Å²) in [5.74, 6) is -0.184. The third-order valence-electron chi connectivity index (χ3n) is 2.93. The van der Waals surface area contributed by atoms with E-state index < -0.39 is 5.54 Å². The molecule has 4 heteroatoms. The Morgan fingerprint density at radius 3 is 2.53 bits per heavy atom. The van der Waals surface area contributed by atoms with Crippen LogP contribution in [0.4, 0.5) is 0 Å². The number of carbonyl (C=O) groups excluding carboxylic acids is 1. The normalized spacial score (nSPS) is 18.1. The molecule has 1 aliphatic heterocycles. The minimum Gasteiger partial charge on any atom is -0.466 e. The van der Waals surface area contributed by atoms with Crippen molar-refractivity contribution in [3.63, 3.8) is 0 Å². The van der Waals surface area contributed by atoms with E-state index >= 15 is 0 Å². The molecule has 0 unspecified atom stereocenters. The first kappa shape index (κ1) is 14.5. The van der Waals surface area contributed by atoms with Gasteiger partial charge in [-0.2, -0.15) is 0 Å². The van der Waals surface area contributed by atoms with Crippen LogP contribution in [0.3, 0.4) is 0 Å². The van der Waals surface area contributed by atoms with E-state index in [9.17, 15) is 4.79 Å². The molecular weight excluding hydrogens is 216 g/mol. The smallest absolute Gasteiger partial charge is 0.307 e. The van der Waals surface area contributed by atoms with Crippen LogP contribution in [0, 0.1) is 0 Å². The highest BCUT2D eigenvalue weighted by molar-refractivity contribution is 5.70. The molecule has 0 amide bonds. The molecule has 1 fully saturated rings. The summed E-state index contributed by atoms with van der Waals surface area (Å²) in [6, 6.07) is 0. The maximum atomic E-state index is 11.4. The molecule has 0 aliphatic carbocycles. The van der Waals surface area contributed by atoms with E-state index in [1.807, 2.05) is 13.8 Å². The van der Waals surface area contributed by atoms with Crippen LogP contribution in [0.25, 0.3) is 0 Å². The van der Waals surface area contributed by atoms with Crippen molar-refractivity contribution in [2.24, 2.45) is 5.73 Å². The monoisotopic (exact) mass is 242 g/mol. The molecule has 0 saturated carbocycles. The summed E-state index contributed by atoms with van der Waals surface area (Å²) in [4.78, 5) is 13.8. The van der Waals surface area contributed by atoms with E-state index in [2.05, 4.69) is 4.90 Å². The summed E-state index contributed by atoms with van der Waals surface area (Å²) in [6.07, 6.45) is 5.19. The molecule has 100 valence electrons. The second kappa shape index (κ2) is 6.97. The Kier molecular flexibility index (Phi) is 5.92. The van der Waals surface area contributed by atoms with Crippen molar-refractivity contribution < 1.29 is 9.53 Å². The zero-order chi connectivity index (χ0) is 12.7. The fourth-order valence-electron chi connectivity index (χ4n) is 2.08. The second-order valence-electron chi connectivity index (χ2n) is 5.64. The van der Waals surface area contributed by atoms with Gasteiger partial charge in [0.2, 0.25) is 0 Å². The van der Waals surface area contributed by atoms with E-state index in [4.69, 9.17) is 10.5 Å². The average Bonchev–Trinajstić information content (AvgIpc) is 2.23. The van der Waals surface area contributed by atoms with Crippen molar-refractivity contribution in [1.29, 1.82) is 0 Å². The summed E-state index contributed by atoms with van der Waals surface area (Å²) in [6.45, 7) is 7.63. The second-order valence-corrected chi connectivity index (χ2v) is 5.64. The zero-order valence-corrected chi connectivity index (χ0v) is 11.2. The fourth-order valence-corrected chi connectivity index (χ4v) is 2.08. The number of rotatable bonds is 6. The molecular formula is C13H26N2O2. The summed E-state index contributed by atoms with van der Waals surface area (Å²) in [5, 5.41) is 0. The third kappa shape index (κ3) is 7.34. The lowest BCUT2D eigenvalue weighted by atomic mass is 10.0. The quantitative estimate of drug-likeness (QED) is 0.567. The van der Waals surface area contributed by atoms with Gasteiger partial charge in [-0.1, -0.05) is 6.42 Å². The van der Waals surface area contributed by atoms with Gasteiger partial charge in [0.15, 0.2) is 0 Å². The standard InChI is InChI=1S/C13H26N2O2/c1-13(2,14)11-12(16)17-10-6-9-15-7-4-3-5-8-15/h3-11,14H2,1-2H3. The number of esters is 1. The highest BCUT2D eigenvalue weighted by Gasteiger charge is 2.17. The number of piperidine rings is 1. The van der Waals surface area contributed by atoms with Gasteiger partial charge in [0.25, 0.3) is 0 Å². The molecule has 0 atom stereocenters. The molecule has 1 saturated heterocycles. The molecule has 1 heterocycles. The maximum absolute atomic E-state index is 11.4. The minimum absolute atomic E-state index is 0.184. The van der Waals surface area contributed by atoms with Crippen molar-refractivity contribution >= 4 is 5.97 Å². The van der Waals surface area contributed by atoms with Crippen LogP contribution in [0.2, 0.25) is 0 Å². The Morgan fingerprint density at radius 1 is 1.29 bits per heavy atom. The molecule has 0 aromatic rings. The predicted octanol–water partition coefficient (Wildman–Crippen LogP) is 1.53. The first-order valence-corrected chi connectivity index (χ1v) is 6.64. The van der Waals surface area contributed by atoms with Crippen molar-refractivity contribution in [2.45, 2.75) is 51.5 Å². The van der Waals surface area contributed by atoms with Crippen molar-refractivity contribution in [2.75, 3.05) is 26.2 Å². The van der Waals surface area contributed by atoms with Crippen LogP contribution in [0.1, 0.15) is 46.0 Å². The summed E-state index contributed by atoms with van der Waals surface area (Å²) >= 11 is 0. The number of hydrogen-bond acceptors (Lipinski definition) is 4. The van der Waals surface area contributed by atoms with E-state index in [1.54, 1.807) is 0 Å². The number of hydrogen-bond donors (Lipinski definition) is 1. The van der Waals surface area contributed by atoms with Gasteiger partial charge in [-0.05, 0) is 46.2 Å². The Balaban J connectivity index is 2.01. The Hall–Kier alpha value is -0.610. The topological polar surface area (TPSA) is 55.6 Å². The molecule has 0 radical (unpaired) electrons. The van der Waals surface area contributed by atoms with Gasteiger partial charge in [0, 0.05) is 12.1 Å². The largest absolute Gasteiger partial charge is 0.466 e. The highest BCUT2D eigenvalue weighted by atomic mass is 16.5. The average molecular weight is 242 g/mol. The molecule has 2 N–H and O–H groups in total. The molecule has 1 rings (SSSR count). The highest BCUT2D eigenvalue weighted by Crippen LogP contribution is 2.09. The van der Waals surface area contributed by atoms with E-state index in [-0.39, 0.29) is 12.4 Å². The van der Waals surface area contributed by atoms with E-state index in [0.717, 1.165) is 13.0 Å². The number of nitrogens with zero attached hydrogens (tertiary/aromatic N) is 1. The number of likely N-dealkylation sites (tertiary alicyclic amines) is 1. The Morgan fingerprint density at radius 2 is 1.94 bits per heavy atom. The lowest BCUT2D eigenvalue weighted by Crippen LogP contribution is -2.35. The van der Waals surface area contributed by atoms with Crippen LogP contribution in [0.15, 0.2) is 0 Å². The van der Waals surface area contributed by atoms with Gasteiger partial charge in [0.1, 0.15) is 0 Å². The van der Waals surface area contributed by atoms with Crippen molar-refractivity contribution in [3.8, 4) is 0 Å². The SMILES string of the molecule is CC(C)(N)CC(=O)OCCCN1CCCCC1. The molecule has 1 aliphatic rings. The molecule has 0 aromatic carbocycles. The van der Waals surface area contributed by atoms with Gasteiger partial charge in [0.05, 0.1) is 13.0 Å². The number of ether oxygens (including phenoxy) is 1. The van der Waals surface area contributed by atoms with Gasteiger partial charge in [-0.15, -0.1) is 0 Å². The summed E-state index contributed by atoms with van der Waals surface area (Å²) in [7, 11) is 0. The van der Waals surface area contributed by atoms with Crippen molar-refractivity contribution in [3.05, 3.63) is 0 Å². The fraction of sp³-hybridized carbons (Fsp3) is 0.923. The first-order chi connectivity index (χ1) is 7.97. The third-order valence-corrected chi connectivity index (χ3v) is 2.93. The lowest BCUT2D eigenvalue weighted by Gasteiger charge is -2.26. The van der Waals surface area contributed by atoms with Crippen LogP contribution < -0.4 is 5.73 Å². The number of nitrogens with two attached hydrogens (primary N) is 1. The summed E-state index contributed by atoms with van der Waals surface area (Å²) < 4.78 is 5.16. The van der Waals surface area contributed by atoms with Gasteiger partial charge in [-0.25, -0.2) is 0 Å². The van der Waals surface area contributed by atoms with Gasteiger partial charge in [-0.3, -0.25) is 4.79 Å². The molecule has 4 nitrogen and oxygen atoms in total. The van der Waals surface area contributed by atoms with Crippen LogP contribution in [0.5, 0.6) is 0 Å². The Labute approximate surface area is 104 Å². The van der Waals surface area contributed by atoms with Crippen molar-refractivity contribution in [1.82, 2.24) is 4.90 Å². The molecule has 0 bridgehead atoms. The predicted molar refractivity (Wildman–Crippen MR) is 68.8 cm³/mol. The molecule has 0 spiro atoms. The van der Waals surface area contributed by atoms with E-state index in [0.29, 0.717) is 6.61 Å². The van der Waals surface area contributed by atoms with Crippen LogP contribution in [-0.2, 0) is 9.53 Å². The summed E-state index contributed by atoms with van der Waals surface area (Å²) in [5.41, 5.74) is 5.28. The number of carbonyl (C=O) groups is 1. The Bertz CT molecular complexity index is 230. The first-order valence-electron chi connectivity index (χ1n) is 6.64. The van der Waals surface area contributed by atoms with Crippen LogP contribution >= 0.6 is 0 Å².